The molecule has 1 aromatic carbocycles. The summed E-state index contributed by atoms with van der Waals surface area (Å²) < 4.78 is 0. The Morgan fingerprint density at radius 2 is 2.10 bits per heavy atom. The molecule has 0 aliphatic heterocycles. The number of aromatic nitrogens is 2. The number of carbonyl (C=O) groups is 1. The molecule has 1 aromatic heterocycles. The second kappa shape index (κ2) is 6.81. The van der Waals surface area contributed by atoms with E-state index in [4.69, 9.17) is 11.6 Å². The SMILES string of the molecule is CC(C)Cc1nnc(NC(=O)Cc2ccccc2Cl)s1. The minimum absolute atomic E-state index is 0.134. The summed E-state index contributed by atoms with van der Waals surface area (Å²) in [5, 5.41) is 12.9. The number of benzene rings is 1. The maximum absolute atomic E-state index is 11.9. The molecule has 2 rings (SSSR count). The number of carbonyl (C=O) groups excluding carboxylic acids is 1. The van der Waals surface area contributed by atoms with Crippen LogP contribution in [0.3, 0.4) is 0 Å². The molecule has 0 fully saturated rings. The van der Waals surface area contributed by atoms with Gasteiger partial charge in [-0.2, -0.15) is 0 Å². The molecule has 0 radical (unpaired) electrons. The smallest absolute Gasteiger partial charge is 0.230 e. The highest BCUT2D eigenvalue weighted by Crippen LogP contribution is 2.19. The van der Waals surface area contributed by atoms with Crippen LogP contribution in [-0.4, -0.2) is 16.1 Å². The van der Waals surface area contributed by atoms with Crippen LogP contribution < -0.4 is 5.32 Å². The summed E-state index contributed by atoms with van der Waals surface area (Å²) in [4.78, 5) is 11.9. The van der Waals surface area contributed by atoms with Gasteiger partial charge in [-0.1, -0.05) is 55.0 Å². The van der Waals surface area contributed by atoms with Crippen LogP contribution in [0.5, 0.6) is 0 Å². The minimum Gasteiger partial charge on any atom is -0.300 e. The summed E-state index contributed by atoms with van der Waals surface area (Å²) in [5.41, 5.74) is 0.804. The van der Waals surface area contributed by atoms with Crippen LogP contribution in [0.25, 0.3) is 0 Å². The first-order chi connectivity index (χ1) is 9.54. The lowest BCUT2D eigenvalue weighted by Crippen LogP contribution is -2.14. The van der Waals surface area contributed by atoms with Crippen molar-refractivity contribution in [1.29, 1.82) is 0 Å². The molecule has 20 heavy (non-hydrogen) atoms. The molecule has 0 aliphatic rings. The average Bonchev–Trinajstić information content (AvgIpc) is 2.78. The van der Waals surface area contributed by atoms with Crippen molar-refractivity contribution in [2.75, 3.05) is 5.32 Å². The van der Waals surface area contributed by atoms with Crippen molar-refractivity contribution < 1.29 is 4.79 Å². The highest BCUT2D eigenvalue weighted by atomic mass is 35.5. The maximum Gasteiger partial charge on any atom is 0.230 e. The van der Waals surface area contributed by atoms with E-state index >= 15 is 0 Å². The Bertz CT molecular complexity index is 598. The molecule has 1 amide bonds. The molecule has 4 nitrogen and oxygen atoms in total. The quantitative estimate of drug-likeness (QED) is 0.918. The van der Waals surface area contributed by atoms with Crippen LogP contribution in [0.2, 0.25) is 5.02 Å². The molecule has 6 heteroatoms. The van der Waals surface area contributed by atoms with E-state index in [9.17, 15) is 4.79 Å². The fourth-order valence-corrected chi connectivity index (χ4v) is 2.88. The Kier molecular flexibility index (Phi) is 5.09. The van der Waals surface area contributed by atoms with Gasteiger partial charge in [0.05, 0.1) is 6.42 Å². The number of halogens is 1. The molecule has 1 heterocycles. The van der Waals surface area contributed by atoms with Crippen molar-refractivity contribution in [3.05, 3.63) is 39.9 Å². The molecule has 0 bridgehead atoms. The molecule has 0 aliphatic carbocycles. The second-order valence-corrected chi connectivity index (χ2v) is 6.38. The van der Waals surface area contributed by atoms with Crippen molar-refractivity contribution in [3.63, 3.8) is 0 Å². The lowest BCUT2D eigenvalue weighted by molar-refractivity contribution is -0.115. The highest BCUT2D eigenvalue weighted by Gasteiger charge is 2.11. The van der Waals surface area contributed by atoms with Crippen molar-refractivity contribution in [3.8, 4) is 0 Å². The third-order valence-electron chi connectivity index (χ3n) is 2.60. The standard InChI is InChI=1S/C14H16ClN3OS/c1-9(2)7-13-17-18-14(20-13)16-12(19)8-10-5-3-4-6-11(10)15/h3-6,9H,7-8H2,1-2H3,(H,16,18,19). The van der Waals surface area contributed by atoms with Crippen molar-refractivity contribution in [2.45, 2.75) is 26.7 Å². The van der Waals surface area contributed by atoms with Gasteiger partial charge in [-0.05, 0) is 17.5 Å². The normalized spacial score (nSPS) is 10.8. The summed E-state index contributed by atoms with van der Waals surface area (Å²) in [6.45, 7) is 4.24. The van der Waals surface area contributed by atoms with Gasteiger partial charge in [0, 0.05) is 11.4 Å². The van der Waals surface area contributed by atoms with Crippen molar-refractivity contribution in [1.82, 2.24) is 10.2 Å². The minimum atomic E-state index is -0.134. The van der Waals surface area contributed by atoms with Gasteiger partial charge >= 0.3 is 0 Å². The zero-order valence-corrected chi connectivity index (χ0v) is 13.0. The second-order valence-electron chi connectivity index (χ2n) is 4.92. The average molecular weight is 310 g/mol. The van der Waals surface area contributed by atoms with Crippen LogP contribution >= 0.6 is 22.9 Å². The predicted molar refractivity (Wildman–Crippen MR) is 82.2 cm³/mol. The van der Waals surface area contributed by atoms with E-state index in [0.717, 1.165) is 17.0 Å². The van der Waals surface area contributed by atoms with Gasteiger partial charge in [-0.25, -0.2) is 0 Å². The molecule has 0 atom stereocenters. The van der Waals surface area contributed by atoms with E-state index in [1.165, 1.54) is 11.3 Å². The molecule has 0 unspecified atom stereocenters. The number of hydrogen-bond acceptors (Lipinski definition) is 4. The lowest BCUT2D eigenvalue weighted by atomic mass is 10.1. The lowest BCUT2D eigenvalue weighted by Gasteiger charge is -2.03. The van der Waals surface area contributed by atoms with Crippen molar-refractivity contribution >= 4 is 34.0 Å². The number of amides is 1. The zero-order valence-electron chi connectivity index (χ0n) is 11.4. The van der Waals surface area contributed by atoms with Gasteiger partial charge in [0.2, 0.25) is 11.0 Å². The first kappa shape index (κ1) is 14.9. The molecular formula is C14H16ClN3OS. The van der Waals surface area contributed by atoms with Gasteiger partial charge in [0.25, 0.3) is 0 Å². The van der Waals surface area contributed by atoms with Crippen LogP contribution in [0.1, 0.15) is 24.4 Å². The topological polar surface area (TPSA) is 54.9 Å². The predicted octanol–water partition coefficient (Wildman–Crippen LogP) is 3.57. The molecular weight excluding hydrogens is 294 g/mol. The summed E-state index contributed by atoms with van der Waals surface area (Å²) in [6, 6.07) is 7.31. The Balaban J connectivity index is 1.95. The molecule has 0 saturated carbocycles. The fraction of sp³-hybridized carbons (Fsp3) is 0.357. The molecule has 1 N–H and O–H groups in total. The summed E-state index contributed by atoms with van der Waals surface area (Å²) in [7, 11) is 0. The van der Waals surface area contributed by atoms with E-state index in [2.05, 4.69) is 29.4 Å². The third kappa shape index (κ3) is 4.28. The number of nitrogens with zero attached hydrogens (tertiary/aromatic N) is 2. The van der Waals surface area contributed by atoms with Gasteiger partial charge in [-0.15, -0.1) is 10.2 Å². The van der Waals surface area contributed by atoms with Crippen LogP contribution in [0.15, 0.2) is 24.3 Å². The molecule has 0 saturated heterocycles. The van der Waals surface area contributed by atoms with E-state index in [1.54, 1.807) is 6.07 Å². The highest BCUT2D eigenvalue weighted by molar-refractivity contribution is 7.15. The molecule has 106 valence electrons. The van der Waals surface area contributed by atoms with E-state index < -0.39 is 0 Å². The van der Waals surface area contributed by atoms with Crippen LogP contribution in [0.4, 0.5) is 5.13 Å². The maximum atomic E-state index is 11.9. The van der Waals surface area contributed by atoms with Crippen molar-refractivity contribution in [2.24, 2.45) is 5.92 Å². The summed E-state index contributed by atoms with van der Waals surface area (Å²) in [6.07, 6.45) is 1.11. The van der Waals surface area contributed by atoms with E-state index in [0.29, 0.717) is 16.1 Å². The van der Waals surface area contributed by atoms with E-state index in [1.807, 2.05) is 18.2 Å². The Hall–Kier alpha value is -1.46. The Morgan fingerprint density at radius 1 is 1.35 bits per heavy atom. The first-order valence-corrected chi connectivity index (χ1v) is 7.59. The number of nitrogens with one attached hydrogen (secondary N) is 1. The Morgan fingerprint density at radius 3 is 2.80 bits per heavy atom. The summed E-state index contributed by atoms with van der Waals surface area (Å²) >= 11 is 7.44. The van der Waals surface area contributed by atoms with Gasteiger partial charge < -0.3 is 5.32 Å². The molecule has 0 spiro atoms. The van der Waals surface area contributed by atoms with Crippen LogP contribution in [-0.2, 0) is 17.6 Å². The van der Waals surface area contributed by atoms with Gasteiger partial charge in [0.15, 0.2) is 0 Å². The largest absolute Gasteiger partial charge is 0.300 e. The number of anilines is 1. The number of rotatable bonds is 5. The monoisotopic (exact) mass is 309 g/mol. The summed E-state index contributed by atoms with van der Waals surface area (Å²) in [5.74, 6) is 0.389. The third-order valence-corrected chi connectivity index (χ3v) is 3.83. The molecule has 2 aromatic rings. The fourth-order valence-electron chi connectivity index (χ4n) is 1.71. The van der Waals surface area contributed by atoms with Crippen LogP contribution in [0, 0.1) is 5.92 Å². The zero-order chi connectivity index (χ0) is 14.5. The first-order valence-electron chi connectivity index (χ1n) is 6.40. The van der Waals surface area contributed by atoms with Gasteiger partial charge in [0.1, 0.15) is 5.01 Å². The Labute approximate surface area is 127 Å². The van der Waals surface area contributed by atoms with Gasteiger partial charge in [-0.3, -0.25) is 4.79 Å². The van der Waals surface area contributed by atoms with E-state index in [-0.39, 0.29) is 12.3 Å². The number of hydrogen-bond donors (Lipinski definition) is 1.